The van der Waals surface area contributed by atoms with E-state index in [1.54, 1.807) is 5.01 Å². The summed E-state index contributed by atoms with van der Waals surface area (Å²) in [6.07, 6.45) is 1.85. The van der Waals surface area contributed by atoms with Crippen LogP contribution in [-0.4, -0.2) is 24.8 Å². The molecule has 1 fully saturated rings. The van der Waals surface area contributed by atoms with Crippen LogP contribution >= 0.6 is 0 Å². The van der Waals surface area contributed by atoms with Gasteiger partial charge in [-0.05, 0) is 18.8 Å². The lowest BCUT2D eigenvalue weighted by molar-refractivity contribution is 0.168. The van der Waals surface area contributed by atoms with E-state index in [-0.39, 0.29) is 12.6 Å². The molecule has 0 unspecified atom stereocenters. The van der Waals surface area contributed by atoms with Gasteiger partial charge in [-0.2, -0.15) is 0 Å². The van der Waals surface area contributed by atoms with Gasteiger partial charge in [0.05, 0.1) is 6.67 Å². The summed E-state index contributed by atoms with van der Waals surface area (Å²) in [5.41, 5.74) is 0. The Morgan fingerprint density at radius 2 is 2.00 bits per heavy atom. The molecule has 0 aromatic carbocycles. The lowest BCUT2D eigenvalue weighted by atomic mass is 10.00. The van der Waals surface area contributed by atoms with Gasteiger partial charge in [0.2, 0.25) is 0 Å². The number of piperidine rings is 1. The molecule has 1 aliphatic rings. The van der Waals surface area contributed by atoms with Crippen molar-refractivity contribution in [3.05, 3.63) is 0 Å². The van der Waals surface area contributed by atoms with Gasteiger partial charge in [0.15, 0.2) is 0 Å². The van der Waals surface area contributed by atoms with Gasteiger partial charge >= 0.3 is 0 Å². The largest absolute Gasteiger partial charge is 0.269 e. The van der Waals surface area contributed by atoms with Crippen LogP contribution < -0.4 is 5.84 Å². The van der Waals surface area contributed by atoms with Crippen molar-refractivity contribution in [3.8, 4) is 0 Å². The molecule has 0 aliphatic carbocycles. The molecule has 0 radical (unpaired) electrons. The minimum atomic E-state index is -0.173. The molecule has 0 aromatic rings. The molecule has 9 heavy (non-hydrogen) atoms. The minimum absolute atomic E-state index is 0.173. The number of hydrazine groups is 1. The Balaban J connectivity index is 2.18. The van der Waals surface area contributed by atoms with E-state index >= 15 is 0 Å². The third-order valence-electron chi connectivity index (χ3n) is 1.87. The second-order valence-corrected chi connectivity index (χ2v) is 2.63. The molecule has 54 valence electrons. The fourth-order valence-electron chi connectivity index (χ4n) is 1.11. The molecular weight excluding hydrogens is 119 g/mol. The minimum Gasteiger partial charge on any atom is -0.269 e. The van der Waals surface area contributed by atoms with Gasteiger partial charge < -0.3 is 0 Å². The van der Waals surface area contributed by atoms with Gasteiger partial charge in [0.25, 0.3) is 0 Å². The van der Waals surface area contributed by atoms with Crippen LogP contribution in [0.1, 0.15) is 12.8 Å². The van der Waals surface area contributed by atoms with Gasteiger partial charge in [-0.25, -0.2) is 5.01 Å². The molecule has 1 heterocycles. The van der Waals surface area contributed by atoms with Gasteiger partial charge in [-0.1, -0.05) is 0 Å². The number of nitrogens with zero attached hydrogens (tertiary/aromatic N) is 1. The zero-order valence-electron chi connectivity index (χ0n) is 5.52. The standard InChI is InChI=1S/C6H13FN2/c7-5-6-1-3-9(8)4-2-6/h6H,1-5,8H2. The molecule has 1 rings (SSSR count). The second kappa shape index (κ2) is 3.13. The van der Waals surface area contributed by atoms with Crippen LogP contribution in [0.15, 0.2) is 0 Å². The molecule has 1 aliphatic heterocycles. The highest BCUT2D eigenvalue weighted by atomic mass is 19.1. The first-order chi connectivity index (χ1) is 4.33. The van der Waals surface area contributed by atoms with E-state index in [2.05, 4.69) is 0 Å². The van der Waals surface area contributed by atoms with Gasteiger partial charge in [-0.3, -0.25) is 10.2 Å². The fourth-order valence-corrected chi connectivity index (χ4v) is 1.11. The Labute approximate surface area is 54.8 Å². The number of rotatable bonds is 1. The van der Waals surface area contributed by atoms with Crippen LogP contribution in [-0.2, 0) is 0 Å². The Bertz CT molecular complexity index is 79.1. The maximum absolute atomic E-state index is 11.9. The SMILES string of the molecule is NN1CCC(CF)CC1. The molecule has 0 amide bonds. The predicted octanol–water partition coefficient (Wildman–Crippen LogP) is 0.542. The van der Waals surface area contributed by atoms with Gasteiger partial charge in [-0.15, -0.1) is 0 Å². The van der Waals surface area contributed by atoms with Crippen LogP contribution in [0.3, 0.4) is 0 Å². The van der Waals surface area contributed by atoms with Crippen molar-refractivity contribution in [2.24, 2.45) is 11.8 Å². The molecule has 0 atom stereocenters. The van der Waals surface area contributed by atoms with E-state index in [0.29, 0.717) is 0 Å². The summed E-state index contributed by atoms with van der Waals surface area (Å²) < 4.78 is 11.9. The topological polar surface area (TPSA) is 29.3 Å². The summed E-state index contributed by atoms with van der Waals surface area (Å²) in [6, 6.07) is 0. The Morgan fingerprint density at radius 1 is 1.44 bits per heavy atom. The van der Waals surface area contributed by atoms with Crippen LogP contribution in [0, 0.1) is 5.92 Å². The van der Waals surface area contributed by atoms with Crippen molar-refractivity contribution in [1.82, 2.24) is 5.01 Å². The quantitative estimate of drug-likeness (QED) is 0.528. The highest BCUT2D eigenvalue weighted by molar-refractivity contribution is 4.67. The fraction of sp³-hybridized carbons (Fsp3) is 1.00. The van der Waals surface area contributed by atoms with Crippen LogP contribution in [0.2, 0.25) is 0 Å². The smallest absolute Gasteiger partial charge is 0.0923 e. The molecule has 2 nitrogen and oxygen atoms in total. The van der Waals surface area contributed by atoms with E-state index in [9.17, 15) is 4.39 Å². The van der Waals surface area contributed by atoms with E-state index < -0.39 is 0 Å². The van der Waals surface area contributed by atoms with Crippen molar-refractivity contribution in [2.45, 2.75) is 12.8 Å². The Hall–Kier alpha value is -0.150. The first-order valence-corrected chi connectivity index (χ1v) is 3.38. The highest BCUT2D eigenvalue weighted by Crippen LogP contribution is 2.14. The molecule has 3 heteroatoms. The third kappa shape index (κ3) is 1.91. The number of alkyl halides is 1. The summed E-state index contributed by atoms with van der Waals surface area (Å²) in [5, 5.41) is 1.76. The Kier molecular flexibility index (Phi) is 2.42. The third-order valence-corrected chi connectivity index (χ3v) is 1.87. The molecule has 0 aromatic heterocycles. The van der Waals surface area contributed by atoms with Crippen molar-refractivity contribution in [1.29, 1.82) is 0 Å². The average molecular weight is 132 g/mol. The summed E-state index contributed by atoms with van der Waals surface area (Å²) in [7, 11) is 0. The zero-order valence-corrected chi connectivity index (χ0v) is 5.52. The van der Waals surface area contributed by atoms with E-state index in [1.807, 2.05) is 0 Å². The maximum atomic E-state index is 11.9. The lowest BCUT2D eigenvalue weighted by Crippen LogP contribution is -2.39. The van der Waals surface area contributed by atoms with Crippen molar-refractivity contribution in [2.75, 3.05) is 19.8 Å². The van der Waals surface area contributed by atoms with Crippen LogP contribution in [0.4, 0.5) is 4.39 Å². The van der Waals surface area contributed by atoms with Crippen LogP contribution in [0.25, 0.3) is 0 Å². The normalized spacial score (nSPS) is 24.7. The second-order valence-electron chi connectivity index (χ2n) is 2.63. The van der Waals surface area contributed by atoms with Crippen LogP contribution in [0.5, 0.6) is 0 Å². The van der Waals surface area contributed by atoms with Gasteiger partial charge in [0, 0.05) is 13.1 Å². The lowest BCUT2D eigenvalue weighted by Gasteiger charge is -2.26. The van der Waals surface area contributed by atoms with Crippen molar-refractivity contribution < 1.29 is 4.39 Å². The molecule has 0 spiro atoms. The number of hydrogen-bond donors (Lipinski definition) is 1. The summed E-state index contributed by atoms with van der Waals surface area (Å²) >= 11 is 0. The number of hydrogen-bond acceptors (Lipinski definition) is 2. The maximum Gasteiger partial charge on any atom is 0.0923 e. The molecular formula is C6H13FN2. The highest BCUT2D eigenvalue weighted by Gasteiger charge is 2.15. The molecule has 0 saturated carbocycles. The summed E-state index contributed by atoms with van der Waals surface area (Å²) in [4.78, 5) is 0. The Morgan fingerprint density at radius 3 is 2.44 bits per heavy atom. The van der Waals surface area contributed by atoms with E-state index in [1.165, 1.54) is 0 Å². The number of nitrogens with two attached hydrogens (primary N) is 1. The first kappa shape index (κ1) is 6.96. The summed E-state index contributed by atoms with van der Waals surface area (Å²) in [6.45, 7) is 1.54. The summed E-state index contributed by atoms with van der Waals surface area (Å²) in [5.74, 6) is 5.74. The van der Waals surface area contributed by atoms with Crippen molar-refractivity contribution in [3.63, 3.8) is 0 Å². The molecule has 0 bridgehead atoms. The van der Waals surface area contributed by atoms with E-state index in [4.69, 9.17) is 5.84 Å². The average Bonchev–Trinajstić information content (AvgIpc) is 1.90. The van der Waals surface area contributed by atoms with Crippen molar-refractivity contribution >= 4 is 0 Å². The predicted molar refractivity (Wildman–Crippen MR) is 34.5 cm³/mol. The van der Waals surface area contributed by atoms with Gasteiger partial charge in [0.1, 0.15) is 0 Å². The zero-order chi connectivity index (χ0) is 6.69. The molecule has 2 N–H and O–H groups in total. The van der Waals surface area contributed by atoms with E-state index in [0.717, 1.165) is 25.9 Å². The number of halogens is 1. The monoisotopic (exact) mass is 132 g/mol. The first-order valence-electron chi connectivity index (χ1n) is 3.38. The molecule has 1 saturated heterocycles.